The molecular weight excluding hydrogens is 320 g/mol. The van der Waals surface area contributed by atoms with Gasteiger partial charge in [0.15, 0.2) is 5.43 Å². The van der Waals surface area contributed by atoms with E-state index in [2.05, 4.69) is 0 Å². The summed E-state index contributed by atoms with van der Waals surface area (Å²) < 4.78 is 7.77. The largest absolute Gasteiger partial charge is 0.491 e. The van der Waals surface area contributed by atoms with Crippen LogP contribution in [0.25, 0.3) is 20.2 Å². The molecule has 4 heteroatoms. The van der Waals surface area contributed by atoms with Crippen molar-refractivity contribution in [2.75, 3.05) is 6.61 Å². The molecular formula is C20H24O3S. The maximum Gasteiger partial charge on any atom is 0.196 e. The van der Waals surface area contributed by atoms with Gasteiger partial charge >= 0.3 is 0 Å². The number of hydrogen-bond acceptors (Lipinski definition) is 4. The number of ether oxygens (including phenoxy) is 1. The topological polar surface area (TPSA) is 46.5 Å². The molecule has 0 saturated heterocycles. The summed E-state index contributed by atoms with van der Waals surface area (Å²) in [6, 6.07) is 9.52. The normalized spacial score (nSPS) is 12.2. The van der Waals surface area contributed by atoms with Gasteiger partial charge in [0.25, 0.3) is 0 Å². The third-order valence-corrected chi connectivity index (χ3v) is 5.59. The number of aryl methyl sites for hydroxylation is 1. The zero-order valence-corrected chi connectivity index (χ0v) is 14.4. The van der Waals surface area contributed by atoms with E-state index in [0.717, 1.165) is 25.9 Å². The first-order valence-corrected chi connectivity index (χ1v) is 8.61. The van der Waals surface area contributed by atoms with Crippen molar-refractivity contribution in [1.82, 2.24) is 0 Å². The van der Waals surface area contributed by atoms with Gasteiger partial charge in [-0.2, -0.15) is 0 Å². The highest BCUT2D eigenvalue weighted by atomic mass is 32.1. The summed E-state index contributed by atoms with van der Waals surface area (Å²) in [5.74, 6) is 0.682. The summed E-state index contributed by atoms with van der Waals surface area (Å²) in [6.07, 6.45) is 0.155. The molecule has 1 heterocycles. The van der Waals surface area contributed by atoms with Gasteiger partial charge in [-0.05, 0) is 49.6 Å². The van der Waals surface area contributed by atoms with Crippen LogP contribution in [0.5, 0.6) is 5.75 Å². The van der Waals surface area contributed by atoms with E-state index in [0.29, 0.717) is 17.6 Å². The lowest BCUT2D eigenvalue weighted by molar-refractivity contribution is 0.104. The van der Waals surface area contributed by atoms with Crippen LogP contribution in [-0.2, 0) is 0 Å². The molecule has 1 aromatic heterocycles. The molecule has 1 N–H and O–H groups in total. The van der Waals surface area contributed by atoms with Crippen LogP contribution in [0.1, 0.15) is 31.9 Å². The lowest BCUT2D eigenvalue weighted by atomic mass is 10.1. The molecule has 128 valence electrons. The fraction of sp³-hybridized carbons (Fsp3) is 0.350. The maximum absolute atomic E-state index is 12.8. The Balaban J connectivity index is 0.00000208. The molecule has 0 aliphatic rings. The lowest BCUT2D eigenvalue weighted by Crippen LogP contribution is -2.16. The number of aliphatic hydroxyl groups excluding tert-OH is 1. The van der Waals surface area contributed by atoms with Crippen molar-refractivity contribution in [3.8, 4) is 5.75 Å². The second-order valence-electron chi connectivity index (χ2n) is 5.80. The predicted molar refractivity (Wildman–Crippen MR) is 104 cm³/mol. The smallest absolute Gasteiger partial charge is 0.196 e. The molecule has 0 amide bonds. The number of hydrogen-bond donors (Lipinski definition) is 1. The van der Waals surface area contributed by atoms with Gasteiger partial charge < -0.3 is 9.84 Å². The summed E-state index contributed by atoms with van der Waals surface area (Å²) in [4.78, 5) is 12.8. The van der Waals surface area contributed by atoms with Crippen LogP contribution in [0.2, 0.25) is 0 Å². The lowest BCUT2D eigenvalue weighted by Gasteiger charge is -2.15. The van der Waals surface area contributed by atoms with E-state index in [1.165, 1.54) is 0 Å². The second-order valence-corrected chi connectivity index (χ2v) is 6.85. The van der Waals surface area contributed by atoms with Crippen LogP contribution >= 0.6 is 11.3 Å². The predicted octanol–water partition coefficient (Wildman–Crippen LogP) is 4.82. The Hall–Kier alpha value is -1.91. The number of fused-ring (bicyclic) bond motifs is 2. The maximum atomic E-state index is 12.8. The molecule has 0 fully saturated rings. The van der Waals surface area contributed by atoms with Crippen molar-refractivity contribution in [2.45, 2.75) is 40.7 Å². The molecule has 0 radical (unpaired) electrons. The van der Waals surface area contributed by atoms with E-state index in [-0.39, 0.29) is 19.5 Å². The minimum absolute atomic E-state index is 0. The van der Waals surface area contributed by atoms with Crippen molar-refractivity contribution in [3.05, 3.63) is 51.7 Å². The highest BCUT2D eigenvalue weighted by molar-refractivity contribution is 7.24. The summed E-state index contributed by atoms with van der Waals surface area (Å²) in [7, 11) is 0. The van der Waals surface area contributed by atoms with E-state index in [9.17, 15) is 9.90 Å². The zero-order chi connectivity index (χ0) is 16.6. The molecule has 0 aliphatic carbocycles. The molecule has 3 nitrogen and oxygen atoms in total. The van der Waals surface area contributed by atoms with E-state index >= 15 is 0 Å². The molecule has 3 aromatic rings. The van der Waals surface area contributed by atoms with E-state index in [1.807, 2.05) is 51.1 Å². The molecule has 2 aromatic carbocycles. The highest BCUT2D eigenvalue weighted by Crippen LogP contribution is 2.33. The van der Waals surface area contributed by atoms with Crippen LogP contribution in [0.15, 0.2) is 35.1 Å². The zero-order valence-electron chi connectivity index (χ0n) is 13.6. The quantitative estimate of drug-likeness (QED) is 0.690. The molecule has 1 atom stereocenters. The monoisotopic (exact) mass is 344 g/mol. The minimum Gasteiger partial charge on any atom is -0.491 e. The first kappa shape index (κ1) is 18.4. The standard InChI is InChI=1S/C19H20O3S.CH4/c1-4-13(20)10-22-16-9-15-18(21)14-7-5-6-8-17(14)23-19(15)12(3)11(16)2;/h5-9,13,20H,4,10H2,1-3H3;1H4. The average Bonchev–Trinajstić information content (AvgIpc) is 2.57. The van der Waals surface area contributed by atoms with Crippen molar-refractivity contribution in [1.29, 1.82) is 0 Å². The third-order valence-electron chi connectivity index (χ3n) is 4.28. The first-order chi connectivity index (χ1) is 11.0. The van der Waals surface area contributed by atoms with Gasteiger partial charge in [0.2, 0.25) is 0 Å². The minimum atomic E-state index is -0.489. The van der Waals surface area contributed by atoms with Crippen LogP contribution in [0.3, 0.4) is 0 Å². The Labute approximate surface area is 146 Å². The van der Waals surface area contributed by atoms with Crippen LogP contribution in [0.4, 0.5) is 0 Å². The highest BCUT2D eigenvalue weighted by Gasteiger charge is 2.14. The van der Waals surface area contributed by atoms with E-state index in [1.54, 1.807) is 11.3 Å². The van der Waals surface area contributed by atoms with Gasteiger partial charge in [0, 0.05) is 20.2 Å². The molecule has 0 bridgehead atoms. The van der Waals surface area contributed by atoms with Gasteiger partial charge in [-0.1, -0.05) is 26.5 Å². The Kier molecular flexibility index (Phi) is 5.62. The molecule has 0 spiro atoms. The SMILES string of the molecule is C.CCC(O)COc1cc2c(=O)c3ccccc3sc2c(C)c1C. The fourth-order valence-corrected chi connectivity index (χ4v) is 3.82. The molecule has 3 rings (SSSR count). The fourth-order valence-electron chi connectivity index (χ4n) is 2.61. The number of aliphatic hydroxyl groups is 1. The molecule has 1 unspecified atom stereocenters. The third kappa shape index (κ3) is 3.17. The van der Waals surface area contributed by atoms with Crippen molar-refractivity contribution < 1.29 is 9.84 Å². The molecule has 0 aliphatic heterocycles. The summed E-state index contributed by atoms with van der Waals surface area (Å²) in [5, 5.41) is 11.1. The molecule has 0 saturated carbocycles. The Morgan fingerprint density at radius 1 is 1.17 bits per heavy atom. The van der Waals surface area contributed by atoms with Gasteiger partial charge in [-0.25, -0.2) is 0 Å². The van der Waals surface area contributed by atoms with Crippen LogP contribution in [-0.4, -0.2) is 17.8 Å². The summed E-state index contributed by atoms with van der Waals surface area (Å²) in [6.45, 7) is 6.17. The van der Waals surface area contributed by atoms with Crippen molar-refractivity contribution >= 4 is 31.5 Å². The Bertz CT molecular complexity index is 927. The molecule has 24 heavy (non-hydrogen) atoms. The van der Waals surface area contributed by atoms with Crippen LogP contribution < -0.4 is 10.2 Å². The number of rotatable bonds is 4. The first-order valence-electron chi connectivity index (χ1n) is 7.79. The number of benzene rings is 2. The van der Waals surface area contributed by atoms with E-state index in [4.69, 9.17) is 4.74 Å². The average molecular weight is 344 g/mol. The van der Waals surface area contributed by atoms with Crippen LogP contribution in [0, 0.1) is 13.8 Å². The Morgan fingerprint density at radius 3 is 2.58 bits per heavy atom. The van der Waals surface area contributed by atoms with Gasteiger partial charge in [0.1, 0.15) is 12.4 Å². The van der Waals surface area contributed by atoms with Gasteiger partial charge in [0.05, 0.1) is 6.10 Å². The Morgan fingerprint density at radius 2 is 1.88 bits per heavy atom. The van der Waals surface area contributed by atoms with Crippen molar-refractivity contribution in [2.24, 2.45) is 0 Å². The van der Waals surface area contributed by atoms with Gasteiger partial charge in [-0.3, -0.25) is 4.79 Å². The summed E-state index contributed by atoms with van der Waals surface area (Å²) >= 11 is 1.64. The van der Waals surface area contributed by atoms with E-state index < -0.39 is 6.10 Å². The van der Waals surface area contributed by atoms with Crippen molar-refractivity contribution in [3.63, 3.8) is 0 Å². The second kappa shape index (κ2) is 7.32. The summed E-state index contributed by atoms with van der Waals surface area (Å²) in [5.41, 5.74) is 2.13. The van der Waals surface area contributed by atoms with Gasteiger partial charge in [-0.15, -0.1) is 11.3 Å².